The van der Waals surface area contributed by atoms with Crippen molar-refractivity contribution in [3.8, 4) is 0 Å². The molecule has 0 radical (unpaired) electrons. The fourth-order valence-corrected chi connectivity index (χ4v) is 1.78. The van der Waals surface area contributed by atoms with Gasteiger partial charge in [-0.1, -0.05) is 20.8 Å². The third kappa shape index (κ3) is 2.73. The molecule has 0 heterocycles. The summed E-state index contributed by atoms with van der Waals surface area (Å²) in [7, 11) is 0. The van der Waals surface area contributed by atoms with Gasteiger partial charge in [-0.15, -0.1) is 11.6 Å². The Morgan fingerprint density at radius 1 is 0.933 bits per heavy atom. The van der Waals surface area contributed by atoms with E-state index in [0.717, 1.165) is 0 Å². The van der Waals surface area contributed by atoms with Crippen LogP contribution in [0.25, 0.3) is 0 Å². The van der Waals surface area contributed by atoms with Gasteiger partial charge in [0, 0.05) is 5.41 Å². The van der Waals surface area contributed by atoms with Gasteiger partial charge in [0.2, 0.25) is 5.24 Å². The maximum Gasteiger partial charge on any atom is 0.229 e. The van der Waals surface area contributed by atoms with Crippen molar-refractivity contribution < 1.29 is 9.59 Å². The van der Waals surface area contributed by atoms with Crippen LogP contribution in [0.15, 0.2) is 0 Å². The monoisotopic (exact) mass is 252 g/mol. The fraction of sp³-hybridized carbons (Fsp3) is 0.818. The predicted octanol–water partition coefficient (Wildman–Crippen LogP) is 3.39. The van der Waals surface area contributed by atoms with E-state index in [1.165, 1.54) is 0 Å². The highest BCUT2D eigenvalue weighted by Crippen LogP contribution is 2.43. The second kappa shape index (κ2) is 4.06. The number of rotatable bonds is 3. The van der Waals surface area contributed by atoms with Crippen molar-refractivity contribution in [1.82, 2.24) is 0 Å². The van der Waals surface area contributed by atoms with E-state index < -0.39 is 20.9 Å². The first-order chi connectivity index (χ1) is 6.35. The second-order valence-electron chi connectivity index (χ2n) is 5.48. The van der Waals surface area contributed by atoms with Crippen LogP contribution in [0, 0.1) is 10.8 Å². The number of Topliss-reactive ketones (excluding diaryl/α,β-unsaturated/α-hetero) is 1. The number of hydrogen-bond acceptors (Lipinski definition) is 2. The van der Waals surface area contributed by atoms with Crippen molar-refractivity contribution in [2.75, 3.05) is 0 Å². The molecule has 0 saturated carbocycles. The molecule has 0 spiro atoms. The lowest BCUT2D eigenvalue weighted by molar-refractivity contribution is -0.136. The Hall–Kier alpha value is -0.0800. The van der Waals surface area contributed by atoms with Gasteiger partial charge in [0.25, 0.3) is 0 Å². The summed E-state index contributed by atoms with van der Waals surface area (Å²) in [6.45, 7) is 10.0. The molecule has 0 aromatic rings. The van der Waals surface area contributed by atoms with Gasteiger partial charge in [-0.3, -0.25) is 9.59 Å². The molecule has 0 aromatic heterocycles. The predicted molar refractivity (Wildman–Crippen MR) is 63.4 cm³/mol. The molecular formula is C11H18Cl2O2. The zero-order valence-corrected chi connectivity index (χ0v) is 11.6. The molecule has 0 aromatic carbocycles. The topological polar surface area (TPSA) is 34.1 Å². The van der Waals surface area contributed by atoms with E-state index >= 15 is 0 Å². The highest BCUT2D eigenvalue weighted by Gasteiger charge is 2.52. The van der Waals surface area contributed by atoms with Crippen LogP contribution in [-0.4, -0.2) is 15.9 Å². The lowest BCUT2D eigenvalue weighted by Gasteiger charge is -2.38. The molecular weight excluding hydrogens is 235 g/mol. The molecule has 15 heavy (non-hydrogen) atoms. The average Bonchev–Trinajstić information content (AvgIpc) is 2.00. The molecule has 1 unspecified atom stereocenters. The molecule has 0 aliphatic carbocycles. The van der Waals surface area contributed by atoms with Crippen molar-refractivity contribution in [3.05, 3.63) is 0 Å². The van der Waals surface area contributed by atoms with Crippen LogP contribution in [0.3, 0.4) is 0 Å². The third-order valence-electron chi connectivity index (χ3n) is 2.77. The molecule has 0 N–H and O–H groups in total. The summed E-state index contributed by atoms with van der Waals surface area (Å²) in [4.78, 5) is 22.1. The first-order valence-corrected chi connectivity index (χ1v) is 5.54. The Labute approximate surface area is 101 Å². The summed E-state index contributed by atoms with van der Waals surface area (Å²) >= 11 is 11.7. The normalized spacial score (nSPS) is 17.1. The van der Waals surface area contributed by atoms with E-state index in [2.05, 4.69) is 0 Å². The van der Waals surface area contributed by atoms with Crippen LogP contribution < -0.4 is 0 Å². The van der Waals surface area contributed by atoms with Crippen LogP contribution in [0.1, 0.15) is 41.5 Å². The number of carbonyl (C=O) groups excluding carboxylic acids is 2. The van der Waals surface area contributed by atoms with Gasteiger partial charge < -0.3 is 0 Å². The van der Waals surface area contributed by atoms with Crippen molar-refractivity contribution in [1.29, 1.82) is 0 Å². The van der Waals surface area contributed by atoms with Crippen molar-refractivity contribution in [2.24, 2.45) is 10.8 Å². The largest absolute Gasteiger partial charge is 0.297 e. The molecule has 2 nitrogen and oxygen atoms in total. The SMILES string of the molecule is CC(C)(C)C(=O)C(C)(Cl)C(C)(C)C(=O)Cl. The summed E-state index contributed by atoms with van der Waals surface area (Å²) in [6.07, 6.45) is 0. The number of halogens is 2. The standard InChI is InChI=1S/C11H18Cl2O2/c1-9(2,3)7(14)11(6,13)10(4,5)8(12)15/h1-6H3. The van der Waals surface area contributed by atoms with E-state index in [-0.39, 0.29) is 5.78 Å². The molecule has 0 fully saturated rings. The Balaban J connectivity index is 5.33. The Kier molecular flexibility index (Phi) is 4.04. The Morgan fingerprint density at radius 3 is 1.47 bits per heavy atom. The van der Waals surface area contributed by atoms with Crippen LogP contribution in [0.4, 0.5) is 0 Å². The summed E-state index contributed by atoms with van der Waals surface area (Å²) < 4.78 is 0. The zero-order chi connectivity index (χ0) is 12.7. The molecule has 4 heteroatoms. The quantitative estimate of drug-likeness (QED) is 0.570. The molecule has 0 bridgehead atoms. The van der Waals surface area contributed by atoms with Gasteiger partial charge >= 0.3 is 0 Å². The first kappa shape index (κ1) is 14.9. The average molecular weight is 253 g/mol. The molecule has 0 amide bonds. The Morgan fingerprint density at radius 2 is 1.27 bits per heavy atom. The molecule has 0 saturated heterocycles. The molecule has 0 rings (SSSR count). The van der Waals surface area contributed by atoms with Crippen LogP contribution in [0.2, 0.25) is 0 Å². The first-order valence-electron chi connectivity index (χ1n) is 4.79. The highest BCUT2D eigenvalue weighted by atomic mass is 35.5. The lowest BCUT2D eigenvalue weighted by Crippen LogP contribution is -2.51. The molecule has 0 aliphatic heterocycles. The van der Waals surface area contributed by atoms with Gasteiger partial charge in [-0.2, -0.15) is 0 Å². The summed E-state index contributed by atoms with van der Waals surface area (Å²) in [5, 5.41) is -0.599. The van der Waals surface area contributed by atoms with E-state index in [1.807, 2.05) is 0 Å². The lowest BCUT2D eigenvalue weighted by atomic mass is 9.71. The van der Waals surface area contributed by atoms with E-state index in [1.54, 1.807) is 41.5 Å². The van der Waals surface area contributed by atoms with Crippen molar-refractivity contribution in [2.45, 2.75) is 46.4 Å². The van der Waals surface area contributed by atoms with Crippen LogP contribution in [0.5, 0.6) is 0 Å². The number of carbonyl (C=O) groups is 2. The number of ketones is 1. The maximum absolute atomic E-state index is 12.1. The fourth-order valence-electron chi connectivity index (χ4n) is 1.17. The summed E-state index contributed by atoms with van der Waals surface area (Å²) in [5.41, 5.74) is -1.68. The number of hydrogen-bond donors (Lipinski definition) is 0. The minimum absolute atomic E-state index is 0.185. The van der Waals surface area contributed by atoms with Gasteiger partial charge in [-0.05, 0) is 32.4 Å². The van der Waals surface area contributed by atoms with Crippen molar-refractivity contribution >= 4 is 34.2 Å². The maximum atomic E-state index is 12.1. The van der Waals surface area contributed by atoms with E-state index in [4.69, 9.17) is 23.2 Å². The minimum Gasteiger partial charge on any atom is -0.297 e. The zero-order valence-electron chi connectivity index (χ0n) is 10.1. The number of alkyl halides is 1. The van der Waals surface area contributed by atoms with Gasteiger partial charge in [0.05, 0.1) is 5.41 Å². The summed E-state index contributed by atoms with van der Waals surface area (Å²) in [5.74, 6) is -0.185. The van der Waals surface area contributed by atoms with Crippen molar-refractivity contribution in [3.63, 3.8) is 0 Å². The second-order valence-corrected chi connectivity index (χ2v) is 6.58. The Bertz CT molecular complexity index is 285. The van der Waals surface area contributed by atoms with E-state index in [0.29, 0.717) is 0 Å². The van der Waals surface area contributed by atoms with Gasteiger partial charge in [0.15, 0.2) is 5.78 Å². The highest BCUT2D eigenvalue weighted by molar-refractivity contribution is 6.65. The van der Waals surface area contributed by atoms with E-state index in [9.17, 15) is 9.59 Å². The molecule has 0 aliphatic rings. The smallest absolute Gasteiger partial charge is 0.229 e. The van der Waals surface area contributed by atoms with Crippen LogP contribution in [-0.2, 0) is 9.59 Å². The molecule has 1 atom stereocenters. The third-order valence-corrected chi connectivity index (χ3v) is 3.89. The van der Waals surface area contributed by atoms with Gasteiger partial charge in [0.1, 0.15) is 4.87 Å². The summed E-state index contributed by atoms with van der Waals surface area (Å²) in [6, 6.07) is 0. The minimum atomic E-state index is -1.29. The molecule has 88 valence electrons. The van der Waals surface area contributed by atoms with Gasteiger partial charge in [-0.25, -0.2) is 0 Å². The van der Waals surface area contributed by atoms with Crippen LogP contribution >= 0.6 is 23.2 Å².